The van der Waals surface area contributed by atoms with Crippen LogP contribution in [0.15, 0.2) is 41.8 Å². The SMILES string of the molecule is CNCc1ccc(Cl)c(S(=O)(=O)Nc2cncnc2)c1. The van der Waals surface area contributed by atoms with Crippen molar-refractivity contribution in [3.63, 3.8) is 0 Å². The van der Waals surface area contributed by atoms with E-state index in [9.17, 15) is 8.42 Å². The molecule has 0 saturated heterocycles. The van der Waals surface area contributed by atoms with Crippen molar-refractivity contribution >= 4 is 27.3 Å². The molecule has 0 amide bonds. The summed E-state index contributed by atoms with van der Waals surface area (Å²) >= 11 is 5.98. The molecule has 0 unspecified atom stereocenters. The minimum Gasteiger partial charge on any atom is -0.316 e. The molecule has 2 N–H and O–H groups in total. The summed E-state index contributed by atoms with van der Waals surface area (Å²) in [5, 5.41) is 3.11. The molecule has 0 spiro atoms. The Bertz CT molecular complexity index is 692. The van der Waals surface area contributed by atoms with Crippen LogP contribution >= 0.6 is 11.6 Å². The first-order chi connectivity index (χ1) is 9.53. The van der Waals surface area contributed by atoms with E-state index in [1.165, 1.54) is 24.8 Å². The van der Waals surface area contributed by atoms with Gasteiger partial charge in [-0.1, -0.05) is 17.7 Å². The van der Waals surface area contributed by atoms with Crippen molar-refractivity contribution in [3.8, 4) is 0 Å². The van der Waals surface area contributed by atoms with Gasteiger partial charge in [-0.3, -0.25) is 4.72 Å². The van der Waals surface area contributed by atoms with Gasteiger partial charge >= 0.3 is 0 Å². The molecule has 0 fully saturated rings. The molecule has 1 heterocycles. The largest absolute Gasteiger partial charge is 0.316 e. The molecule has 2 rings (SSSR count). The lowest BCUT2D eigenvalue weighted by Gasteiger charge is -2.10. The Balaban J connectivity index is 2.36. The normalized spacial score (nSPS) is 11.3. The van der Waals surface area contributed by atoms with E-state index in [2.05, 4.69) is 20.0 Å². The van der Waals surface area contributed by atoms with Crippen molar-refractivity contribution < 1.29 is 8.42 Å². The van der Waals surface area contributed by atoms with Crippen molar-refractivity contribution in [3.05, 3.63) is 47.5 Å². The van der Waals surface area contributed by atoms with Crippen molar-refractivity contribution in [1.29, 1.82) is 0 Å². The first kappa shape index (κ1) is 14.7. The van der Waals surface area contributed by atoms with Crippen LogP contribution in [0, 0.1) is 0 Å². The highest BCUT2D eigenvalue weighted by atomic mass is 35.5. The molecule has 1 aromatic carbocycles. The van der Waals surface area contributed by atoms with E-state index in [-0.39, 0.29) is 15.6 Å². The molecule has 8 heteroatoms. The second kappa shape index (κ2) is 6.17. The molecule has 0 saturated carbocycles. The Morgan fingerprint density at radius 1 is 1.25 bits per heavy atom. The van der Waals surface area contributed by atoms with Crippen molar-refractivity contribution in [2.45, 2.75) is 11.4 Å². The van der Waals surface area contributed by atoms with Crippen molar-refractivity contribution in [2.24, 2.45) is 0 Å². The van der Waals surface area contributed by atoms with Gasteiger partial charge in [0.05, 0.1) is 23.1 Å². The summed E-state index contributed by atoms with van der Waals surface area (Å²) < 4.78 is 27.0. The van der Waals surface area contributed by atoms with Crippen LogP contribution in [0.1, 0.15) is 5.56 Å². The van der Waals surface area contributed by atoms with Crippen LogP contribution in [0.3, 0.4) is 0 Å². The summed E-state index contributed by atoms with van der Waals surface area (Å²) in [4.78, 5) is 7.53. The van der Waals surface area contributed by atoms with Crippen LogP contribution in [0.5, 0.6) is 0 Å². The third-order valence-electron chi connectivity index (χ3n) is 2.48. The van der Waals surface area contributed by atoms with Gasteiger partial charge in [-0.15, -0.1) is 0 Å². The van der Waals surface area contributed by atoms with Gasteiger partial charge in [0.25, 0.3) is 10.0 Å². The highest BCUT2D eigenvalue weighted by Crippen LogP contribution is 2.24. The first-order valence-corrected chi connectivity index (χ1v) is 7.60. The molecule has 0 aliphatic rings. The molecule has 0 aliphatic heterocycles. The summed E-state index contributed by atoms with van der Waals surface area (Å²) in [6.07, 6.45) is 4.06. The zero-order chi connectivity index (χ0) is 14.6. The molecule has 0 aliphatic carbocycles. The van der Waals surface area contributed by atoms with E-state index in [0.717, 1.165) is 5.56 Å². The molecular weight excluding hydrogens is 300 g/mol. The molecule has 6 nitrogen and oxygen atoms in total. The number of anilines is 1. The van der Waals surface area contributed by atoms with Gasteiger partial charge in [0.2, 0.25) is 0 Å². The maximum absolute atomic E-state index is 12.3. The van der Waals surface area contributed by atoms with Gasteiger partial charge < -0.3 is 5.32 Å². The van der Waals surface area contributed by atoms with Crippen LogP contribution in [0.25, 0.3) is 0 Å². The average Bonchev–Trinajstić information content (AvgIpc) is 2.42. The molecular formula is C12H13ClN4O2S. The summed E-state index contributed by atoms with van der Waals surface area (Å²) in [7, 11) is -1.99. The van der Waals surface area contributed by atoms with E-state index < -0.39 is 10.0 Å². The number of hydrogen-bond acceptors (Lipinski definition) is 5. The molecule has 0 radical (unpaired) electrons. The third kappa shape index (κ3) is 3.44. The number of aromatic nitrogens is 2. The predicted molar refractivity (Wildman–Crippen MR) is 77.1 cm³/mol. The second-order valence-electron chi connectivity index (χ2n) is 4.03. The fraction of sp³-hybridized carbons (Fsp3) is 0.167. The van der Waals surface area contributed by atoms with E-state index >= 15 is 0 Å². The zero-order valence-electron chi connectivity index (χ0n) is 10.7. The predicted octanol–water partition coefficient (Wildman–Crippen LogP) is 1.65. The molecule has 2 aromatic rings. The van der Waals surface area contributed by atoms with Crippen LogP contribution in [0.4, 0.5) is 5.69 Å². The van der Waals surface area contributed by atoms with Crippen molar-refractivity contribution in [1.82, 2.24) is 15.3 Å². The van der Waals surface area contributed by atoms with Gasteiger partial charge in [-0.2, -0.15) is 0 Å². The van der Waals surface area contributed by atoms with Crippen molar-refractivity contribution in [2.75, 3.05) is 11.8 Å². The molecule has 0 bridgehead atoms. The Hall–Kier alpha value is -1.70. The van der Waals surface area contributed by atoms with Gasteiger partial charge in [-0.05, 0) is 24.7 Å². The lowest BCUT2D eigenvalue weighted by atomic mass is 10.2. The lowest BCUT2D eigenvalue weighted by Crippen LogP contribution is -2.15. The fourth-order valence-corrected chi connectivity index (χ4v) is 3.21. The van der Waals surface area contributed by atoms with Crippen LogP contribution in [-0.2, 0) is 16.6 Å². The summed E-state index contributed by atoms with van der Waals surface area (Å²) in [6.45, 7) is 0.550. The van der Waals surface area contributed by atoms with Crippen LogP contribution in [-0.4, -0.2) is 25.4 Å². The summed E-state index contributed by atoms with van der Waals surface area (Å²) in [5.41, 5.74) is 1.10. The highest BCUT2D eigenvalue weighted by molar-refractivity contribution is 7.92. The maximum Gasteiger partial charge on any atom is 0.263 e. The van der Waals surface area contributed by atoms with E-state index in [0.29, 0.717) is 6.54 Å². The van der Waals surface area contributed by atoms with E-state index in [1.807, 2.05) is 0 Å². The number of benzene rings is 1. The molecule has 106 valence electrons. The fourth-order valence-electron chi connectivity index (χ4n) is 1.63. The molecule has 1 aromatic heterocycles. The Labute approximate surface area is 122 Å². The monoisotopic (exact) mass is 312 g/mol. The van der Waals surface area contributed by atoms with Gasteiger partial charge in [-0.25, -0.2) is 18.4 Å². The number of sulfonamides is 1. The maximum atomic E-state index is 12.3. The van der Waals surface area contributed by atoms with Gasteiger partial charge in [0, 0.05) is 6.54 Å². The number of rotatable bonds is 5. The van der Waals surface area contributed by atoms with E-state index in [1.54, 1.807) is 19.2 Å². The first-order valence-electron chi connectivity index (χ1n) is 5.74. The van der Waals surface area contributed by atoms with Gasteiger partial charge in [0.1, 0.15) is 11.2 Å². The summed E-state index contributed by atoms with van der Waals surface area (Å²) in [5.74, 6) is 0. The molecule has 20 heavy (non-hydrogen) atoms. The Morgan fingerprint density at radius 3 is 2.60 bits per heavy atom. The topological polar surface area (TPSA) is 84.0 Å². The number of nitrogens with one attached hydrogen (secondary N) is 2. The standard InChI is InChI=1S/C12H13ClN4O2S/c1-14-5-9-2-3-11(13)12(4-9)20(18,19)17-10-6-15-8-16-7-10/h2-4,6-8,14,17H,5H2,1H3. The minimum absolute atomic E-state index is 0.0239. The zero-order valence-corrected chi connectivity index (χ0v) is 12.2. The Kier molecular flexibility index (Phi) is 4.53. The lowest BCUT2D eigenvalue weighted by molar-refractivity contribution is 0.601. The third-order valence-corrected chi connectivity index (χ3v) is 4.34. The minimum atomic E-state index is -3.77. The average molecular weight is 313 g/mol. The van der Waals surface area contributed by atoms with E-state index in [4.69, 9.17) is 11.6 Å². The smallest absolute Gasteiger partial charge is 0.263 e. The van der Waals surface area contributed by atoms with Crippen LogP contribution < -0.4 is 10.0 Å². The van der Waals surface area contributed by atoms with Gasteiger partial charge in [0.15, 0.2) is 0 Å². The number of hydrogen-bond donors (Lipinski definition) is 2. The number of halogens is 1. The number of nitrogens with zero attached hydrogens (tertiary/aromatic N) is 2. The Morgan fingerprint density at radius 2 is 1.95 bits per heavy atom. The molecule has 0 atom stereocenters. The quantitative estimate of drug-likeness (QED) is 0.877. The second-order valence-corrected chi connectivity index (χ2v) is 6.09. The van der Waals surface area contributed by atoms with Crippen LogP contribution in [0.2, 0.25) is 5.02 Å². The highest BCUT2D eigenvalue weighted by Gasteiger charge is 2.18. The summed E-state index contributed by atoms with van der Waals surface area (Å²) in [6, 6.07) is 4.86.